The maximum atomic E-state index is 5.91. The molecule has 0 fully saturated rings. The summed E-state index contributed by atoms with van der Waals surface area (Å²) < 4.78 is 0. The summed E-state index contributed by atoms with van der Waals surface area (Å²) in [4.78, 5) is 6.81. The van der Waals surface area contributed by atoms with Crippen LogP contribution in [-0.4, -0.2) is 43.1 Å². The highest BCUT2D eigenvalue weighted by atomic mass is 15.1. The zero-order valence-electron chi connectivity index (χ0n) is 14.3. The van der Waals surface area contributed by atoms with E-state index in [1.165, 1.54) is 12.8 Å². The van der Waals surface area contributed by atoms with Gasteiger partial charge in [-0.3, -0.25) is 4.99 Å². The molecular formula is C16H36N4. The molecule has 3 N–H and O–H groups in total. The minimum atomic E-state index is 0.417. The second kappa shape index (κ2) is 12.0. The van der Waals surface area contributed by atoms with Crippen molar-refractivity contribution in [1.82, 2.24) is 10.2 Å². The van der Waals surface area contributed by atoms with E-state index in [2.05, 4.69) is 49.8 Å². The molecule has 0 radical (unpaired) electrons. The topological polar surface area (TPSA) is 53.6 Å². The van der Waals surface area contributed by atoms with Crippen molar-refractivity contribution in [3.05, 3.63) is 0 Å². The summed E-state index contributed by atoms with van der Waals surface area (Å²) in [7, 11) is 0. The van der Waals surface area contributed by atoms with Crippen molar-refractivity contribution in [2.75, 3.05) is 26.2 Å². The first kappa shape index (κ1) is 19.2. The highest BCUT2D eigenvalue weighted by Gasteiger charge is 2.04. The van der Waals surface area contributed by atoms with Gasteiger partial charge in [0.25, 0.3) is 0 Å². The minimum absolute atomic E-state index is 0.417. The number of hydrogen-bond acceptors (Lipinski definition) is 2. The molecule has 1 unspecified atom stereocenters. The minimum Gasteiger partial charge on any atom is -0.370 e. The molecule has 0 aromatic rings. The van der Waals surface area contributed by atoms with Gasteiger partial charge in [0.2, 0.25) is 0 Å². The molecule has 120 valence electrons. The second-order valence-corrected chi connectivity index (χ2v) is 6.02. The molecule has 4 heteroatoms. The Balaban J connectivity index is 3.73. The molecule has 0 heterocycles. The van der Waals surface area contributed by atoms with E-state index in [9.17, 15) is 0 Å². The van der Waals surface area contributed by atoms with Crippen LogP contribution in [0.2, 0.25) is 0 Å². The van der Waals surface area contributed by atoms with Crippen LogP contribution in [0, 0.1) is 5.92 Å². The fraction of sp³-hybridized carbons (Fsp3) is 0.938. The Hall–Kier alpha value is -0.770. The summed E-state index contributed by atoms with van der Waals surface area (Å²) in [6.45, 7) is 15.2. The smallest absolute Gasteiger partial charge is 0.188 e. The monoisotopic (exact) mass is 284 g/mol. The molecule has 0 rings (SSSR count). The summed E-state index contributed by atoms with van der Waals surface area (Å²) in [5, 5.41) is 3.28. The van der Waals surface area contributed by atoms with E-state index in [0.717, 1.165) is 44.9 Å². The van der Waals surface area contributed by atoms with Crippen LogP contribution in [0.5, 0.6) is 0 Å². The average Bonchev–Trinajstić information content (AvgIpc) is 2.38. The van der Waals surface area contributed by atoms with Crippen molar-refractivity contribution in [3.63, 3.8) is 0 Å². The Morgan fingerprint density at radius 2 is 1.75 bits per heavy atom. The van der Waals surface area contributed by atoms with Gasteiger partial charge in [0.1, 0.15) is 0 Å². The van der Waals surface area contributed by atoms with Crippen LogP contribution in [0.15, 0.2) is 4.99 Å². The number of hydrogen-bond donors (Lipinski definition) is 2. The predicted molar refractivity (Wildman–Crippen MR) is 90.2 cm³/mol. The third-order valence-electron chi connectivity index (χ3n) is 3.62. The van der Waals surface area contributed by atoms with Crippen molar-refractivity contribution in [3.8, 4) is 0 Å². The van der Waals surface area contributed by atoms with Gasteiger partial charge in [0.05, 0.1) is 0 Å². The van der Waals surface area contributed by atoms with Crippen molar-refractivity contribution in [2.24, 2.45) is 16.6 Å². The first-order valence-electron chi connectivity index (χ1n) is 8.28. The van der Waals surface area contributed by atoms with E-state index in [4.69, 9.17) is 5.73 Å². The van der Waals surface area contributed by atoms with Crippen molar-refractivity contribution < 1.29 is 0 Å². The van der Waals surface area contributed by atoms with Crippen LogP contribution < -0.4 is 11.1 Å². The third-order valence-corrected chi connectivity index (χ3v) is 3.62. The number of guanidine groups is 1. The molecule has 0 aliphatic rings. The molecule has 0 aliphatic heterocycles. The van der Waals surface area contributed by atoms with E-state index < -0.39 is 0 Å². The summed E-state index contributed by atoms with van der Waals surface area (Å²) in [5.41, 5.74) is 5.91. The summed E-state index contributed by atoms with van der Waals surface area (Å²) in [5.74, 6) is 1.38. The first-order chi connectivity index (χ1) is 9.49. The van der Waals surface area contributed by atoms with Gasteiger partial charge in [0.15, 0.2) is 5.96 Å². The molecule has 0 aliphatic carbocycles. The van der Waals surface area contributed by atoms with Crippen LogP contribution in [0.1, 0.15) is 60.3 Å². The maximum absolute atomic E-state index is 5.91. The maximum Gasteiger partial charge on any atom is 0.188 e. The molecule has 20 heavy (non-hydrogen) atoms. The summed E-state index contributed by atoms with van der Waals surface area (Å²) in [6.07, 6.45) is 4.77. The van der Waals surface area contributed by atoms with Gasteiger partial charge in [0, 0.05) is 12.6 Å². The SMILES string of the molecule is CCN(CC)CCCN=C(N)NC(C)CCCC(C)C. The number of aliphatic imine (C=N–C) groups is 1. The van der Waals surface area contributed by atoms with Gasteiger partial charge in [-0.25, -0.2) is 0 Å². The lowest BCUT2D eigenvalue weighted by molar-refractivity contribution is 0.302. The predicted octanol–water partition coefficient (Wildman–Crippen LogP) is 2.84. The molecular weight excluding hydrogens is 248 g/mol. The molecule has 4 nitrogen and oxygen atoms in total. The first-order valence-corrected chi connectivity index (χ1v) is 8.28. The van der Waals surface area contributed by atoms with Crippen LogP contribution in [0.4, 0.5) is 0 Å². The van der Waals surface area contributed by atoms with Gasteiger partial charge in [-0.1, -0.05) is 40.5 Å². The van der Waals surface area contributed by atoms with Gasteiger partial charge in [-0.15, -0.1) is 0 Å². The van der Waals surface area contributed by atoms with Gasteiger partial charge < -0.3 is 16.0 Å². The van der Waals surface area contributed by atoms with E-state index >= 15 is 0 Å². The molecule has 0 amide bonds. The van der Waals surface area contributed by atoms with Crippen LogP contribution in [0.25, 0.3) is 0 Å². The molecule has 1 atom stereocenters. The highest BCUT2D eigenvalue weighted by Crippen LogP contribution is 2.07. The molecule has 0 bridgehead atoms. The fourth-order valence-electron chi connectivity index (χ4n) is 2.24. The van der Waals surface area contributed by atoms with Gasteiger partial charge in [-0.05, 0) is 45.3 Å². The molecule has 0 saturated heterocycles. The summed E-state index contributed by atoms with van der Waals surface area (Å²) in [6, 6.07) is 0.417. The fourth-order valence-corrected chi connectivity index (χ4v) is 2.24. The highest BCUT2D eigenvalue weighted by molar-refractivity contribution is 5.78. The molecule has 0 aromatic heterocycles. The van der Waals surface area contributed by atoms with Crippen molar-refractivity contribution in [2.45, 2.75) is 66.3 Å². The van der Waals surface area contributed by atoms with E-state index in [1.54, 1.807) is 0 Å². The van der Waals surface area contributed by atoms with E-state index in [0.29, 0.717) is 12.0 Å². The number of nitrogens with zero attached hydrogens (tertiary/aromatic N) is 2. The lowest BCUT2D eigenvalue weighted by Gasteiger charge is -2.17. The Morgan fingerprint density at radius 1 is 1.10 bits per heavy atom. The lowest BCUT2D eigenvalue weighted by atomic mass is 10.0. The Bertz CT molecular complexity index is 247. The zero-order chi connectivity index (χ0) is 15.4. The van der Waals surface area contributed by atoms with Crippen LogP contribution >= 0.6 is 0 Å². The lowest BCUT2D eigenvalue weighted by Crippen LogP contribution is -2.38. The molecule has 0 aromatic carbocycles. The largest absolute Gasteiger partial charge is 0.370 e. The number of rotatable bonds is 11. The normalized spacial score (nSPS) is 14.1. The van der Waals surface area contributed by atoms with Gasteiger partial charge in [-0.2, -0.15) is 0 Å². The quantitative estimate of drug-likeness (QED) is 0.348. The number of nitrogens with one attached hydrogen (secondary N) is 1. The Kier molecular flexibility index (Phi) is 11.5. The van der Waals surface area contributed by atoms with Crippen molar-refractivity contribution >= 4 is 5.96 Å². The summed E-state index contributed by atoms with van der Waals surface area (Å²) >= 11 is 0. The van der Waals surface area contributed by atoms with Crippen molar-refractivity contribution in [1.29, 1.82) is 0 Å². The second-order valence-electron chi connectivity index (χ2n) is 6.02. The Labute approximate surface area is 126 Å². The zero-order valence-corrected chi connectivity index (χ0v) is 14.3. The van der Waals surface area contributed by atoms with Crippen LogP contribution in [0.3, 0.4) is 0 Å². The average molecular weight is 284 g/mol. The number of nitrogens with two attached hydrogens (primary N) is 1. The van der Waals surface area contributed by atoms with Crippen LogP contribution in [-0.2, 0) is 0 Å². The van der Waals surface area contributed by atoms with E-state index in [1.807, 2.05) is 0 Å². The van der Waals surface area contributed by atoms with Gasteiger partial charge >= 0.3 is 0 Å². The van der Waals surface area contributed by atoms with E-state index in [-0.39, 0.29) is 0 Å². The molecule has 0 spiro atoms. The standard InChI is InChI=1S/C16H36N4/c1-6-20(7-2)13-9-12-18-16(17)19-15(5)11-8-10-14(3)4/h14-15H,6-13H2,1-5H3,(H3,17,18,19). The third kappa shape index (κ3) is 11.1. The molecule has 0 saturated carbocycles. The Morgan fingerprint density at radius 3 is 2.30 bits per heavy atom.